The average molecular weight is 441 g/mol. The Bertz CT molecular complexity index is 1210. The predicted octanol–water partition coefficient (Wildman–Crippen LogP) is 3.17. The molecule has 9 heteroatoms. The molecule has 1 aliphatic heterocycles. The molecule has 1 saturated heterocycles. The number of anilines is 2. The molecule has 0 saturated carbocycles. The molecule has 0 spiro atoms. The monoisotopic (exact) mass is 440 g/mol. The second-order valence-electron chi connectivity index (χ2n) is 7.65. The molecule has 2 heterocycles. The number of H-pyrrole nitrogens is 1. The van der Waals surface area contributed by atoms with E-state index in [9.17, 15) is 18.0 Å². The van der Waals surface area contributed by atoms with Crippen LogP contribution in [0.15, 0.2) is 59.6 Å². The normalized spacial score (nSPS) is 15.6. The van der Waals surface area contributed by atoms with E-state index in [0.29, 0.717) is 18.5 Å². The van der Waals surface area contributed by atoms with Gasteiger partial charge in [0.05, 0.1) is 4.90 Å². The molecule has 0 radical (unpaired) electrons. The van der Waals surface area contributed by atoms with Crippen LogP contribution in [0.5, 0.6) is 0 Å². The molecule has 1 aliphatic rings. The van der Waals surface area contributed by atoms with E-state index in [1.54, 1.807) is 12.1 Å². The third-order valence-electron chi connectivity index (χ3n) is 5.46. The smallest absolute Gasteiger partial charge is 0.243 e. The lowest BCUT2D eigenvalue weighted by molar-refractivity contribution is -0.121. The van der Waals surface area contributed by atoms with E-state index >= 15 is 0 Å². The van der Waals surface area contributed by atoms with Gasteiger partial charge in [-0.3, -0.25) is 9.59 Å². The molecule has 8 nitrogen and oxygen atoms in total. The number of aromatic nitrogens is 1. The molecule has 3 N–H and O–H groups in total. The van der Waals surface area contributed by atoms with Crippen LogP contribution in [-0.4, -0.2) is 42.6 Å². The van der Waals surface area contributed by atoms with Crippen molar-refractivity contribution in [2.75, 3.05) is 23.7 Å². The molecule has 1 fully saturated rings. The second-order valence-corrected chi connectivity index (χ2v) is 9.59. The first-order valence-corrected chi connectivity index (χ1v) is 11.5. The minimum absolute atomic E-state index is 0.0911. The number of hydrogen-bond acceptors (Lipinski definition) is 4. The number of nitrogens with one attached hydrogen (secondary N) is 3. The highest BCUT2D eigenvalue weighted by Gasteiger charge is 2.32. The molecule has 162 valence electrons. The van der Waals surface area contributed by atoms with Gasteiger partial charge in [-0.25, -0.2) is 8.42 Å². The molecule has 2 amide bonds. The molecule has 0 unspecified atom stereocenters. The second kappa shape index (κ2) is 8.52. The van der Waals surface area contributed by atoms with E-state index in [1.807, 2.05) is 30.5 Å². The zero-order chi connectivity index (χ0) is 22.0. The number of fused-ring (bicyclic) bond motifs is 1. The third-order valence-corrected chi connectivity index (χ3v) is 7.37. The van der Waals surface area contributed by atoms with Crippen molar-refractivity contribution in [1.82, 2.24) is 9.29 Å². The van der Waals surface area contributed by atoms with Crippen LogP contribution in [-0.2, 0) is 19.6 Å². The Morgan fingerprint density at radius 2 is 1.65 bits per heavy atom. The van der Waals surface area contributed by atoms with Crippen molar-refractivity contribution in [3.05, 3.63) is 54.7 Å². The van der Waals surface area contributed by atoms with Crippen molar-refractivity contribution in [2.45, 2.75) is 24.7 Å². The summed E-state index contributed by atoms with van der Waals surface area (Å²) in [5, 5.41) is 6.58. The quantitative estimate of drug-likeness (QED) is 0.566. The summed E-state index contributed by atoms with van der Waals surface area (Å²) in [5.41, 5.74) is 2.27. The minimum atomic E-state index is -3.65. The summed E-state index contributed by atoms with van der Waals surface area (Å²) in [6, 6.07) is 13.7. The lowest BCUT2D eigenvalue weighted by Crippen LogP contribution is -2.41. The van der Waals surface area contributed by atoms with Gasteiger partial charge in [-0.15, -0.1) is 0 Å². The highest BCUT2D eigenvalue weighted by atomic mass is 32.2. The Morgan fingerprint density at radius 1 is 0.968 bits per heavy atom. The fourth-order valence-electron chi connectivity index (χ4n) is 3.80. The number of hydrogen-bond donors (Lipinski definition) is 3. The zero-order valence-electron chi connectivity index (χ0n) is 17.1. The fraction of sp³-hybridized carbons (Fsp3) is 0.273. The van der Waals surface area contributed by atoms with E-state index in [4.69, 9.17) is 0 Å². The molecule has 0 bridgehead atoms. The molecular weight excluding hydrogens is 416 g/mol. The maximum atomic E-state index is 12.9. The van der Waals surface area contributed by atoms with Gasteiger partial charge in [0.25, 0.3) is 0 Å². The highest BCUT2D eigenvalue weighted by Crippen LogP contribution is 2.26. The van der Waals surface area contributed by atoms with Gasteiger partial charge in [-0.2, -0.15) is 4.31 Å². The first kappa shape index (κ1) is 21.1. The van der Waals surface area contributed by atoms with E-state index in [0.717, 1.165) is 16.6 Å². The molecule has 3 aromatic rings. The minimum Gasteiger partial charge on any atom is -0.361 e. The SMILES string of the molecule is CC(=O)Nc1ccc(S(=O)(=O)N2CCC(C(=O)Nc3ccc4[nH]ccc4c3)CC2)cc1. The highest BCUT2D eigenvalue weighted by molar-refractivity contribution is 7.89. The molecule has 1 aromatic heterocycles. The Balaban J connectivity index is 1.36. The van der Waals surface area contributed by atoms with Crippen LogP contribution < -0.4 is 10.6 Å². The number of amides is 2. The Kier molecular flexibility index (Phi) is 5.79. The van der Waals surface area contributed by atoms with Gasteiger partial charge < -0.3 is 15.6 Å². The standard InChI is InChI=1S/C22H24N4O4S/c1-15(27)24-18-2-5-20(6-3-18)31(29,30)26-12-9-16(10-13-26)22(28)25-19-4-7-21-17(14-19)8-11-23-21/h2-8,11,14,16,23H,9-10,12-13H2,1H3,(H,24,27)(H,25,28). The van der Waals surface area contributed by atoms with E-state index in [-0.39, 0.29) is 35.7 Å². The number of piperidine rings is 1. The van der Waals surface area contributed by atoms with Crippen LogP contribution in [0.4, 0.5) is 11.4 Å². The Hall–Kier alpha value is -3.17. The Morgan fingerprint density at radius 3 is 2.32 bits per heavy atom. The van der Waals surface area contributed by atoms with Gasteiger partial charge in [0.15, 0.2) is 0 Å². The van der Waals surface area contributed by atoms with Gasteiger partial charge in [0.1, 0.15) is 0 Å². The maximum Gasteiger partial charge on any atom is 0.243 e. The van der Waals surface area contributed by atoms with Crippen molar-refractivity contribution in [1.29, 1.82) is 0 Å². The van der Waals surface area contributed by atoms with Crippen molar-refractivity contribution < 1.29 is 18.0 Å². The van der Waals surface area contributed by atoms with Crippen LogP contribution in [0, 0.1) is 5.92 Å². The molecular formula is C22H24N4O4S. The van der Waals surface area contributed by atoms with Crippen LogP contribution in [0.3, 0.4) is 0 Å². The molecule has 0 atom stereocenters. The molecule has 0 aliphatic carbocycles. The van der Waals surface area contributed by atoms with Gasteiger partial charge >= 0.3 is 0 Å². The predicted molar refractivity (Wildman–Crippen MR) is 119 cm³/mol. The van der Waals surface area contributed by atoms with Crippen LogP contribution in [0.25, 0.3) is 10.9 Å². The fourth-order valence-corrected chi connectivity index (χ4v) is 5.27. The van der Waals surface area contributed by atoms with Crippen LogP contribution in [0.1, 0.15) is 19.8 Å². The first-order valence-electron chi connectivity index (χ1n) is 10.1. The summed E-state index contributed by atoms with van der Waals surface area (Å²) in [4.78, 5) is 27.1. The topological polar surface area (TPSA) is 111 Å². The molecule has 4 rings (SSSR count). The van der Waals surface area contributed by atoms with Gasteiger partial charge in [-0.1, -0.05) is 0 Å². The van der Waals surface area contributed by atoms with Crippen LogP contribution in [0.2, 0.25) is 0 Å². The zero-order valence-corrected chi connectivity index (χ0v) is 17.9. The van der Waals surface area contributed by atoms with E-state index in [1.165, 1.54) is 23.4 Å². The van der Waals surface area contributed by atoms with Crippen molar-refractivity contribution in [2.24, 2.45) is 5.92 Å². The number of aromatic amines is 1. The number of sulfonamides is 1. The summed E-state index contributed by atoms with van der Waals surface area (Å²) in [7, 11) is -3.65. The first-order chi connectivity index (χ1) is 14.8. The summed E-state index contributed by atoms with van der Waals surface area (Å²) in [5.74, 6) is -0.550. The van der Waals surface area contributed by atoms with E-state index < -0.39 is 10.0 Å². The number of benzene rings is 2. The molecule has 31 heavy (non-hydrogen) atoms. The number of carbonyl (C=O) groups is 2. The lowest BCUT2D eigenvalue weighted by Gasteiger charge is -2.30. The Labute approximate surface area is 180 Å². The number of nitrogens with zero attached hydrogens (tertiary/aromatic N) is 1. The largest absolute Gasteiger partial charge is 0.361 e. The summed E-state index contributed by atoms with van der Waals surface area (Å²) >= 11 is 0. The third kappa shape index (κ3) is 4.62. The summed E-state index contributed by atoms with van der Waals surface area (Å²) < 4.78 is 27.3. The number of carbonyl (C=O) groups excluding carboxylic acids is 2. The summed E-state index contributed by atoms with van der Waals surface area (Å²) in [6.07, 6.45) is 2.77. The average Bonchev–Trinajstić information content (AvgIpc) is 3.22. The van der Waals surface area contributed by atoms with Gasteiger partial charge in [0.2, 0.25) is 21.8 Å². The summed E-state index contributed by atoms with van der Waals surface area (Å²) in [6.45, 7) is 1.96. The van der Waals surface area contributed by atoms with Crippen molar-refractivity contribution >= 4 is 44.1 Å². The van der Waals surface area contributed by atoms with E-state index in [2.05, 4.69) is 15.6 Å². The lowest BCUT2D eigenvalue weighted by atomic mass is 9.97. The molecule has 2 aromatic carbocycles. The van der Waals surface area contributed by atoms with Gasteiger partial charge in [0, 0.05) is 54.4 Å². The van der Waals surface area contributed by atoms with Gasteiger partial charge in [-0.05, 0) is 61.4 Å². The maximum absolute atomic E-state index is 12.9. The number of rotatable bonds is 5. The van der Waals surface area contributed by atoms with Crippen molar-refractivity contribution in [3.8, 4) is 0 Å². The van der Waals surface area contributed by atoms with Crippen molar-refractivity contribution in [3.63, 3.8) is 0 Å². The van der Waals surface area contributed by atoms with Crippen LogP contribution >= 0.6 is 0 Å².